The number of anilines is 1. The van der Waals surface area contributed by atoms with Crippen LogP contribution in [0.4, 0.5) is 5.69 Å². The average molecular weight is 191 g/mol. The first-order valence-electron chi connectivity index (χ1n) is 4.37. The van der Waals surface area contributed by atoms with Crippen LogP contribution in [0.25, 0.3) is 0 Å². The molecule has 1 rings (SSSR count). The normalized spacial score (nSPS) is 11.5. The number of rotatable bonds is 4. The van der Waals surface area contributed by atoms with Crippen LogP contribution in [0.1, 0.15) is 6.92 Å². The topological polar surface area (TPSA) is 38.3 Å². The maximum atomic E-state index is 10.8. The Kier molecular flexibility index (Phi) is 3.73. The number of esters is 1. The number of nitrogens with one attached hydrogen (secondary N) is 1. The first-order valence-corrected chi connectivity index (χ1v) is 4.37. The first kappa shape index (κ1) is 10.3. The number of carbonyl (C=O) groups is 1. The van der Waals surface area contributed by atoms with Gasteiger partial charge in [0.1, 0.15) is 0 Å². The van der Waals surface area contributed by atoms with Crippen LogP contribution in [0.5, 0.6) is 0 Å². The molecule has 0 spiro atoms. The number of carbonyl (C=O) groups excluding carboxylic acids is 1. The van der Waals surface area contributed by atoms with Crippen molar-refractivity contribution in [1.29, 1.82) is 0 Å². The van der Waals surface area contributed by atoms with Crippen LogP contribution in [0.2, 0.25) is 0 Å². The highest BCUT2D eigenvalue weighted by Gasteiger charge is 2.04. The van der Waals surface area contributed by atoms with E-state index in [-0.39, 0.29) is 6.23 Å². The molecule has 0 aromatic heterocycles. The van der Waals surface area contributed by atoms with Gasteiger partial charge in [0, 0.05) is 11.8 Å². The van der Waals surface area contributed by atoms with Gasteiger partial charge in [-0.1, -0.05) is 24.8 Å². The van der Waals surface area contributed by atoms with E-state index >= 15 is 0 Å². The van der Waals surface area contributed by atoms with Crippen molar-refractivity contribution in [3.63, 3.8) is 0 Å². The highest BCUT2D eigenvalue weighted by Crippen LogP contribution is 2.07. The monoisotopic (exact) mass is 191 g/mol. The Morgan fingerprint density at radius 2 is 2.14 bits per heavy atom. The number of ether oxygens (including phenoxy) is 1. The molecule has 1 aromatic rings. The quantitative estimate of drug-likeness (QED) is 0.450. The van der Waals surface area contributed by atoms with E-state index in [1.54, 1.807) is 6.92 Å². The van der Waals surface area contributed by atoms with Gasteiger partial charge in [0.25, 0.3) is 0 Å². The van der Waals surface area contributed by atoms with Crippen LogP contribution < -0.4 is 5.32 Å². The van der Waals surface area contributed by atoms with Crippen LogP contribution in [0.15, 0.2) is 43.0 Å². The second-order valence-electron chi connectivity index (χ2n) is 2.79. The molecule has 0 heterocycles. The van der Waals surface area contributed by atoms with Crippen LogP contribution in [0.3, 0.4) is 0 Å². The molecule has 0 saturated heterocycles. The van der Waals surface area contributed by atoms with E-state index < -0.39 is 5.97 Å². The van der Waals surface area contributed by atoms with Crippen LogP contribution in [-0.2, 0) is 9.53 Å². The van der Waals surface area contributed by atoms with Gasteiger partial charge in [0.05, 0.1) is 0 Å². The summed E-state index contributed by atoms with van der Waals surface area (Å²) in [4.78, 5) is 10.8. The third kappa shape index (κ3) is 3.31. The Balaban J connectivity index is 2.45. The molecule has 3 nitrogen and oxygen atoms in total. The van der Waals surface area contributed by atoms with Gasteiger partial charge in [-0.2, -0.15) is 0 Å². The van der Waals surface area contributed by atoms with E-state index in [2.05, 4.69) is 11.9 Å². The molecule has 0 aliphatic rings. The number of para-hydroxylation sites is 1. The summed E-state index contributed by atoms with van der Waals surface area (Å²) < 4.78 is 4.94. The molecule has 0 saturated carbocycles. The van der Waals surface area contributed by atoms with E-state index in [0.29, 0.717) is 0 Å². The summed E-state index contributed by atoms with van der Waals surface area (Å²) in [6.45, 7) is 5.08. The predicted molar refractivity (Wildman–Crippen MR) is 55.8 cm³/mol. The molecular formula is C11H13NO2. The summed E-state index contributed by atoms with van der Waals surface area (Å²) in [5, 5.41) is 3.02. The second kappa shape index (κ2) is 5.07. The minimum Gasteiger partial charge on any atom is -0.439 e. The number of benzene rings is 1. The molecule has 0 radical (unpaired) electrons. The summed E-state index contributed by atoms with van der Waals surface area (Å²) in [5.74, 6) is -0.430. The molecule has 0 aliphatic heterocycles. The fraction of sp³-hybridized carbons (Fsp3) is 0.182. The van der Waals surface area contributed by atoms with Crippen LogP contribution in [0, 0.1) is 0 Å². The van der Waals surface area contributed by atoms with Crippen LogP contribution >= 0.6 is 0 Å². The lowest BCUT2D eigenvalue weighted by Gasteiger charge is -2.14. The van der Waals surface area contributed by atoms with E-state index in [1.165, 1.54) is 0 Å². The van der Waals surface area contributed by atoms with Crippen molar-refractivity contribution in [3.05, 3.63) is 43.0 Å². The summed E-state index contributed by atoms with van der Waals surface area (Å²) in [6, 6.07) is 9.54. The minimum absolute atomic E-state index is 0.358. The standard InChI is InChI=1S/C11H13NO2/c1-3-11(13)14-9(2)12-10-7-5-4-6-8-10/h3-9,12H,1H2,2H3. The Bertz CT molecular complexity index is 308. The van der Waals surface area contributed by atoms with Gasteiger partial charge < -0.3 is 10.1 Å². The highest BCUT2D eigenvalue weighted by molar-refractivity contribution is 5.81. The molecule has 1 aromatic carbocycles. The Hall–Kier alpha value is -1.77. The zero-order valence-electron chi connectivity index (χ0n) is 8.07. The van der Waals surface area contributed by atoms with E-state index in [9.17, 15) is 4.79 Å². The molecule has 1 atom stereocenters. The molecule has 3 heteroatoms. The molecule has 0 bridgehead atoms. The van der Waals surface area contributed by atoms with Gasteiger partial charge in [-0.05, 0) is 19.1 Å². The van der Waals surface area contributed by atoms with Crippen molar-refractivity contribution >= 4 is 11.7 Å². The molecular weight excluding hydrogens is 178 g/mol. The summed E-state index contributed by atoms with van der Waals surface area (Å²) in [6.07, 6.45) is 0.784. The SMILES string of the molecule is C=CC(=O)OC(C)Nc1ccccc1. The third-order valence-electron chi connectivity index (χ3n) is 1.60. The second-order valence-corrected chi connectivity index (χ2v) is 2.79. The van der Waals surface area contributed by atoms with Gasteiger partial charge in [-0.15, -0.1) is 0 Å². The van der Waals surface area contributed by atoms with Gasteiger partial charge in [-0.3, -0.25) is 0 Å². The van der Waals surface area contributed by atoms with Gasteiger partial charge in [-0.25, -0.2) is 4.79 Å². The van der Waals surface area contributed by atoms with Gasteiger partial charge >= 0.3 is 5.97 Å². The van der Waals surface area contributed by atoms with Gasteiger partial charge in [0.2, 0.25) is 0 Å². The zero-order chi connectivity index (χ0) is 10.4. The predicted octanol–water partition coefficient (Wildman–Crippen LogP) is 2.17. The van der Waals surface area contributed by atoms with Crippen molar-refractivity contribution in [3.8, 4) is 0 Å². The van der Waals surface area contributed by atoms with Crippen molar-refractivity contribution < 1.29 is 9.53 Å². The van der Waals surface area contributed by atoms with E-state index in [1.807, 2.05) is 30.3 Å². The van der Waals surface area contributed by atoms with Crippen molar-refractivity contribution in [2.24, 2.45) is 0 Å². The largest absolute Gasteiger partial charge is 0.439 e. The Morgan fingerprint density at radius 1 is 1.50 bits per heavy atom. The van der Waals surface area contributed by atoms with Gasteiger partial charge in [0.15, 0.2) is 6.23 Å². The molecule has 14 heavy (non-hydrogen) atoms. The van der Waals surface area contributed by atoms with E-state index in [4.69, 9.17) is 4.74 Å². The zero-order valence-corrected chi connectivity index (χ0v) is 8.07. The first-order chi connectivity index (χ1) is 6.72. The molecule has 74 valence electrons. The summed E-state index contributed by atoms with van der Waals surface area (Å²) in [5.41, 5.74) is 0.914. The molecule has 1 unspecified atom stereocenters. The number of hydrogen-bond donors (Lipinski definition) is 1. The fourth-order valence-corrected chi connectivity index (χ4v) is 1.02. The van der Waals surface area contributed by atoms with E-state index in [0.717, 1.165) is 11.8 Å². The highest BCUT2D eigenvalue weighted by atomic mass is 16.6. The summed E-state index contributed by atoms with van der Waals surface area (Å²) >= 11 is 0. The number of hydrogen-bond acceptors (Lipinski definition) is 3. The third-order valence-corrected chi connectivity index (χ3v) is 1.60. The lowest BCUT2D eigenvalue weighted by molar-refractivity contribution is -0.140. The van der Waals surface area contributed by atoms with Crippen LogP contribution in [-0.4, -0.2) is 12.2 Å². The smallest absolute Gasteiger partial charge is 0.332 e. The average Bonchev–Trinajstić information content (AvgIpc) is 2.19. The van der Waals surface area contributed by atoms with Crippen molar-refractivity contribution in [2.45, 2.75) is 13.2 Å². The lowest BCUT2D eigenvalue weighted by atomic mass is 10.3. The molecule has 0 amide bonds. The maximum Gasteiger partial charge on any atom is 0.332 e. The fourth-order valence-electron chi connectivity index (χ4n) is 1.02. The van der Waals surface area contributed by atoms with Crippen molar-refractivity contribution in [2.75, 3.05) is 5.32 Å². The Labute approximate surface area is 83.4 Å². The molecule has 0 fully saturated rings. The summed E-state index contributed by atoms with van der Waals surface area (Å²) in [7, 11) is 0. The maximum absolute atomic E-state index is 10.8. The van der Waals surface area contributed by atoms with Crippen molar-refractivity contribution in [1.82, 2.24) is 0 Å². The minimum atomic E-state index is -0.430. The lowest BCUT2D eigenvalue weighted by Crippen LogP contribution is -2.21. The molecule has 1 N–H and O–H groups in total. The molecule has 0 aliphatic carbocycles. The Morgan fingerprint density at radius 3 is 2.71 bits per heavy atom.